The van der Waals surface area contributed by atoms with E-state index in [-0.39, 0.29) is 36.1 Å². The molecule has 0 fully saturated rings. The third-order valence-electron chi connectivity index (χ3n) is 2.51. The van der Waals surface area contributed by atoms with Gasteiger partial charge < -0.3 is 4.90 Å². The van der Waals surface area contributed by atoms with Gasteiger partial charge in [0.05, 0.1) is 5.56 Å². The van der Waals surface area contributed by atoms with E-state index in [1.54, 1.807) is 0 Å². The number of benzene rings is 1. The lowest BCUT2D eigenvalue weighted by atomic mass is 10.1. The molecule has 7 heteroatoms. The second-order valence-electron chi connectivity index (χ2n) is 3.76. The summed E-state index contributed by atoms with van der Waals surface area (Å²) in [7, 11) is 0. The van der Waals surface area contributed by atoms with Crippen molar-refractivity contribution < 1.29 is 18.0 Å². The van der Waals surface area contributed by atoms with Crippen LogP contribution < -0.4 is 4.90 Å². The third-order valence-corrected chi connectivity index (χ3v) is 2.85. The molecule has 0 N–H and O–H groups in total. The van der Waals surface area contributed by atoms with Crippen molar-refractivity contribution in [1.82, 2.24) is 0 Å². The van der Waals surface area contributed by atoms with Gasteiger partial charge in [-0.2, -0.15) is 13.2 Å². The number of carbonyl (C=O) groups is 1. The second kappa shape index (κ2) is 7.01. The van der Waals surface area contributed by atoms with E-state index in [0.717, 1.165) is 6.07 Å². The maximum Gasteiger partial charge on any atom is 0.418 e. The zero-order valence-electron chi connectivity index (χ0n) is 9.88. The minimum atomic E-state index is -4.54. The quantitative estimate of drug-likeness (QED) is 0.588. The van der Waals surface area contributed by atoms with Crippen LogP contribution in [0.2, 0.25) is 0 Å². The predicted molar refractivity (Wildman–Crippen MR) is 70.5 cm³/mol. The van der Waals surface area contributed by atoms with Gasteiger partial charge in [-0.05, 0) is 18.2 Å². The van der Waals surface area contributed by atoms with E-state index in [9.17, 15) is 18.0 Å². The van der Waals surface area contributed by atoms with Gasteiger partial charge in [0.1, 0.15) is 6.29 Å². The molecule has 106 valence electrons. The monoisotopic (exact) mass is 313 g/mol. The van der Waals surface area contributed by atoms with Crippen LogP contribution in [-0.4, -0.2) is 31.1 Å². The van der Waals surface area contributed by atoms with Crippen LogP contribution in [0, 0.1) is 0 Å². The number of alkyl halides is 5. The lowest BCUT2D eigenvalue weighted by molar-refractivity contribution is -0.137. The van der Waals surface area contributed by atoms with Gasteiger partial charge in [0.25, 0.3) is 0 Å². The average molecular weight is 314 g/mol. The molecule has 0 bridgehead atoms. The van der Waals surface area contributed by atoms with E-state index < -0.39 is 11.7 Å². The summed E-state index contributed by atoms with van der Waals surface area (Å²) < 4.78 is 39.0. The molecule has 0 aliphatic carbocycles. The second-order valence-corrected chi connectivity index (χ2v) is 4.51. The Balaban J connectivity index is 3.27. The van der Waals surface area contributed by atoms with E-state index in [0.29, 0.717) is 6.29 Å². The number of anilines is 1. The minimum absolute atomic E-state index is 0.0144. The highest BCUT2D eigenvalue weighted by Crippen LogP contribution is 2.37. The van der Waals surface area contributed by atoms with Crippen molar-refractivity contribution >= 4 is 35.2 Å². The molecule has 0 saturated carbocycles. The van der Waals surface area contributed by atoms with Crippen LogP contribution in [0.15, 0.2) is 18.2 Å². The molecule has 0 heterocycles. The van der Waals surface area contributed by atoms with Crippen molar-refractivity contribution in [2.75, 3.05) is 29.7 Å². The number of halogens is 5. The molecule has 0 aliphatic rings. The zero-order valence-corrected chi connectivity index (χ0v) is 11.4. The first kappa shape index (κ1) is 16.1. The van der Waals surface area contributed by atoms with Crippen molar-refractivity contribution in [1.29, 1.82) is 0 Å². The minimum Gasteiger partial charge on any atom is -0.369 e. The molecule has 0 aliphatic heterocycles. The summed E-state index contributed by atoms with van der Waals surface area (Å²) in [5.41, 5.74) is -0.889. The Hall–Kier alpha value is -0.940. The number of aldehydes is 1. The number of hydrogen-bond acceptors (Lipinski definition) is 2. The van der Waals surface area contributed by atoms with Gasteiger partial charge >= 0.3 is 6.18 Å². The van der Waals surface area contributed by atoms with Crippen molar-refractivity contribution in [3.8, 4) is 0 Å². The molecule has 1 aromatic rings. The molecular formula is C12H12Cl2F3NO. The summed E-state index contributed by atoms with van der Waals surface area (Å²) in [5, 5.41) is 0. The highest BCUT2D eigenvalue weighted by molar-refractivity contribution is 6.18. The van der Waals surface area contributed by atoms with Gasteiger partial charge in [0, 0.05) is 36.1 Å². The summed E-state index contributed by atoms with van der Waals surface area (Å²) >= 11 is 11.2. The molecular weight excluding hydrogens is 302 g/mol. The molecule has 2 nitrogen and oxygen atoms in total. The highest BCUT2D eigenvalue weighted by atomic mass is 35.5. The predicted octanol–water partition coefficient (Wildman–Crippen LogP) is 3.80. The van der Waals surface area contributed by atoms with Crippen LogP contribution in [-0.2, 0) is 6.18 Å². The number of hydrogen-bond donors (Lipinski definition) is 0. The lowest BCUT2D eigenvalue weighted by Gasteiger charge is -2.26. The van der Waals surface area contributed by atoms with Crippen LogP contribution in [0.3, 0.4) is 0 Å². The molecule has 0 unspecified atom stereocenters. The number of carbonyl (C=O) groups excluding carboxylic acids is 1. The van der Waals surface area contributed by atoms with E-state index in [4.69, 9.17) is 23.2 Å². The summed E-state index contributed by atoms with van der Waals surface area (Å²) in [6, 6.07) is 3.44. The summed E-state index contributed by atoms with van der Waals surface area (Å²) in [6.07, 6.45) is -4.16. The average Bonchev–Trinajstić information content (AvgIpc) is 2.37. The molecule has 1 aromatic carbocycles. The normalized spacial score (nSPS) is 11.4. The topological polar surface area (TPSA) is 20.3 Å². The van der Waals surface area contributed by atoms with Gasteiger partial charge in [-0.25, -0.2) is 0 Å². The zero-order chi connectivity index (χ0) is 14.5. The molecule has 0 saturated heterocycles. The van der Waals surface area contributed by atoms with Crippen LogP contribution in [0.5, 0.6) is 0 Å². The molecule has 0 spiro atoms. The molecule has 1 rings (SSSR count). The standard InChI is InChI=1S/C12H12Cl2F3NO/c13-3-5-18(6-4-14)11-2-1-9(8-19)7-10(11)12(15,16)17/h1-2,7-8H,3-6H2. The van der Waals surface area contributed by atoms with Gasteiger partial charge in [-0.1, -0.05) is 0 Å². The Morgan fingerprint density at radius 3 is 2.16 bits per heavy atom. The fraction of sp³-hybridized carbons (Fsp3) is 0.417. The molecule has 0 atom stereocenters. The first-order valence-electron chi connectivity index (χ1n) is 5.47. The molecule has 0 aromatic heterocycles. The smallest absolute Gasteiger partial charge is 0.369 e. The lowest BCUT2D eigenvalue weighted by Crippen LogP contribution is -2.30. The van der Waals surface area contributed by atoms with E-state index in [1.165, 1.54) is 17.0 Å². The Morgan fingerprint density at radius 1 is 1.16 bits per heavy atom. The fourth-order valence-electron chi connectivity index (χ4n) is 1.69. The van der Waals surface area contributed by atoms with E-state index in [1.807, 2.05) is 0 Å². The van der Waals surface area contributed by atoms with Gasteiger partial charge in [0.2, 0.25) is 0 Å². The van der Waals surface area contributed by atoms with Crippen LogP contribution in [0.1, 0.15) is 15.9 Å². The Bertz CT molecular complexity index is 431. The van der Waals surface area contributed by atoms with Gasteiger partial charge in [-0.15, -0.1) is 23.2 Å². The first-order valence-corrected chi connectivity index (χ1v) is 6.54. The third kappa shape index (κ3) is 4.28. The largest absolute Gasteiger partial charge is 0.418 e. The molecule has 19 heavy (non-hydrogen) atoms. The van der Waals surface area contributed by atoms with Crippen molar-refractivity contribution in [3.63, 3.8) is 0 Å². The van der Waals surface area contributed by atoms with Crippen LogP contribution in [0.25, 0.3) is 0 Å². The van der Waals surface area contributed by atoms with Crippen LogP contribution in [0.4, 0.5) is 18.9 Å². The summed E-state index contributed by atoms with van der Waals surface area (Å²) in [6.45, 7) is 0.496. The maximum absolute atomic E-state index is 13.0. The highest BCUT2D eigenvalue weighted by Gasteiger charge is 2.35. The van der Waals surface area contributed by atoms with Gasteiger partial charge in [-0.3, -0.25) is 4.79 Å². The molecule has 0 radical (unpaired) electrons. The SMILES string of the molecule is O=Cc1ccc(N(CCCl)CCCl)c(C(F)(F)F)c1. The molecule has 0 amide bonds. The van der Waals surface area contributed by atoms with Crippen molar-refractivity contribution in [2.45, 2.75) is 6.18 Å². The fourth-order valence-corrected chi connectivity index (χ4v) is 2.09. The number of rotatable bonds is 6. The summed E-state index contributed by atoms with van der Waals surface area (Å²) in [4.78, 5) is 12.1. The van der Waals surface area contributed by atoms with Crippen molar-refractivity contribution in [2.24, 2.45) is 0 Å². The van der Waals surface area contributed by atoms with E-state index in [2.05, 4.69) is 0 Å². The number of nitrogens with zero attached hydrogens (tertiary/aromatic N) is 1. The Kier molecular flexibility index (Phi) is 5.94. The van der Waals surface area contributed by atoms with Crippen LogP contribution >= 0.6 is 23.2 Å². The Morgan fingerprint density at radius 2 is 1.74 bits per heavy atom. The van der Waals surface area contributed by atoms with Crippen molar-refractivity contribution in [3.05, 3.63) is 29.3 Å². The first-order chi connectivity index (χ1) is 8.93. The maximum atomic E-state index is 13.0. The van der Waals surface area contributed by atoms with Gasteiger partial charge in [0.15, 0.2) is 0 Å². The van der Waals surface area contributed by atoms with E-state index >= 15 is 0 Å². The Labute approximate surface area is 119 Å². The summed E-state index contributed by atoms with van der Waals surface area (Å²) in [5.74, 6) is 0.368.